The van der Waals surface area contributed by atoms with Crippen LogP contribution in [0.3, 0.4) is 0 Å². The minimum absolute atomic E-state index is 0.153. The van der Waals surface area contributed by atoms with Crippen LogP contribution in [0.25, 0.3) is 0 Å². The maximum atomic E-state index is 5.47. The highest BCUT2D eigenvalue weighted by molar-refractivity contribution is 5.75. The molecule has 0 fully saturated rings. The fourth-order valence-electron chi connectivity index (χ4n) is 2.92. The molecule has 0 aromatic heterocycles. The van der Waals surface area contributed by atoms with Crippen LogP contribution in [0.4, 0.5) is 0 Å². The summed E-state index contributed by atoms with van der Waals surface area (Å²) in [5.41, 5.74) is 15.3. The van der Waals surface area contributed by atoms with Gasteiger partial charge in [-0.3, -0.25) is 5.01 Å². The van der Waals surface area contributed by atoms with Gasteiger partial charge in [-0.05, 0) is 36.0 Å². The molecule has 84 valence electrons. The Morgan fingerprint density at radius 1 is 1.31 bits per heavy atom. The molecule has 1 aromatic carbocycles. The Labute approximate surface area is 94.9 Å². The Morgan fingerprint density at radius 3 is 2.94 bits per heavy atom. The van der Waals surface area contributed by atoms with Crippen molar-refractivity contribution in [1.82, 2.24) is 5.01 Å². The van der Waals surface area contributed by atoms with Crippen molar-refractivity contribution in [1.29, 1.82) is 0 Å². The van der Waals surface area contributed by atoms with Gasteiger partial charge in [0.25, 0.3) is 0 Å². The average Bonchev–Trinajstić information content (AvgIpc) is 2.59. The summed E-state index contributed by atoms with van der Waals surface area (Å²) in [4.78, 5) is 0. The Morgan fingerprint density at radius 2 is 2.12 bits per heavy atom. The zero-order valence-electron chi connectivity index (χ0n) is 9.19. The molecule has 0 saturated heterocycles. The van der Waals surface area contributed by atoms with Crippen molar-refractivity contribution in [3.05, 3.63) is 34.9 Å². The first kappa shape index (κ1) is 9.51. The van der Waals surface area contributed by atoms with Crippen LogP contribution in [0.5, 0.6) is 0 Å². The molecule has 0 bridgehead atoms. The van der Waals surface area contributed by atoms with Crippen molar-refractivity contribution >= 4 is 5.96 Å². The summed E-state index contributed by atoms with van der Waals surface area (Å²) in [6.45, 7) is 0.839. The van der Waals surface area contributed by atoms with Crippen molar-refractivity contribution in [2.24, 2.45) is 16.6 Å². The second kappa shape index (κ2) is 3.40. The van der Waals surface area contributed by atoms with Crippen LogP contribution in [0.2, 0.25) is 0 Å². The fraction of sp³-hybridized carbons (Fsp3) is 0.417. The predicted octanol–water partition coefficient (Wildman–Crippen LogP) is 1.07. The number of nitrogens with zero attached hydrogens (tertiary/aromatic N) is 2. The highest BCUT2D eigenvalue weighted by Crippen LogP contribution is 2.42. The Bertz CT molecular complexity index is 448. The molecule has 0 radical (unpaired) electrons. The van der Waals surface area contributed by atoms with Crippen LogP contribution in [0, 0.1) is 0 Å². The van der Waals surface area contributed by atoms with Crippen LogP contribution < -0.4 is 11.5 Å². The van der Waals surface area contributed by atoms with Gasteiger partial charge in [0.2, 0.25) is 5.96 Å². The maximum absolute atomic E-state index is 5.47. The number of rotatable bonds is 1. The van der Waals surface area contributed by atoms with Gasteiger partial charge in [-0.1, -0.05) is 18.2 Å². The second-order valence-electron chi connectivity index (χ2n) is 4.52. The summed E-state index contributed by atoms with van der Waals surface area (Å²) < 4.78 is 0. The SMILES string of the molecule is NC(N)=NN1Cc2cccc3c2C1CCC3. The van der Waals surface area contributed by atoms with Gasteiger partial charge in [-0.25, -0.2) is 0 Å². The summed E-state index contributed by atoms with van der Waals surface area (Å²) in [7, 11) is 0. The third-order valence-corrected chi connectivity index (χ3v) is 3.48. The van der Waals surface area contributed by atoms with Gasteiger partial charge >= 0.3 is 0 Å². The van der Waals surface area contributed by atoms with Gasteiger partial charge in [-0.2, -0.15) is 0 Å². The first-order valence-corrected chi connectivity index (χ1v) is 5.72. The lowest BCUT2D eigenvalue weighted by Gasteiger charge is -2.26. The minimum Gasteiger partial charge on any atom is -0.369 e. The molecule has 1 unspecified atom stereocenters. The molecule has 0 saturated carbocycles. The summed E-state index contributed by atoms with van der Waals surface area (Å²) >= 11 is 0. The molecule has 16 heavy (non-hydrogen) atoms. The number of nitrogens with two attached hydrogens (primary N) is 2. The van der Waals surface area contributed by atoms with Crippen LogP contribution in [-0.2, 0) is 13.0 Å². The van der Waals surface area contributed by atoms with E-state index in [-0.39, 0.29) is 5.96 Å². The van der Waals surface area contributed by atoms with Gasteiger partial charge in [-0.15, -0.1) is 5.10 Å². The summed E-state index contributed by atoms with van der Waals surface area (Å²) in [6.07, 6.45) is 3.56. The molecular formula is C12H16N4. The van der Waals surface area contributed by atoms with E-state index in [2.05, 4.69) is 23.3 Å². The summed E-state index contributed by atoms with van der Waals surface area (Å²) in [5, 5.41) is 6.25. The molecule has 0 amide bonds. The third kappa shape index (κ3) is 1.33. The van der Waals surface area contributed by atoms with E-state index < -0.39 is 0 Å². The molecular weight excluding hydrogens is 200 g/mol. The predicted molar refractivity (Wildman–Crippen MR) is 63.5 cm³/mol. The van der Waals surface area contributed by atoms with E-state index in [1.165, 1.54) is 29.5 Å². The smallest absolute Gasteiger partial charge is 0.208 e. The van der Waals surface area contributed by atoms with Crippen molar-refractivity contribution < 1.29 is 0 Å². The highest BCUT2D eigenvalue weighted by atomic mass is 15.5. The Balaban J connectivity index is 2.04. The molecule has 1 heterocycles. The van der Waals surface area contributed by atoms with Gasteiger partial charge in [0.05, 0.1) is 12.6 Å². The van der Waals surface area contributed by atoms with Crippen molar-refractivity contribution in [3.8, 4) is 0 Å². The van der Waals surface area contributed by atoms with E-state index in [4.69, 9.17) is 11.5 Å². The number of hydrazone groups is 1. The number of aryl methyl sites for hydroxylation is 1. The first-order valence-electron chi connectivity index (χ1n) is 5.72. The van der Waals surface area contributed by atoms with Gasteiger partial charge in [0, 0.05) is 0 Å². The lowest BCUT2D eigenvalue weighted by molar-refractivity contribution is 0.206. The summed E-state index contributed by atoms with van der Waals surface area (Å²) in [5.74, 6) is 0.153. The van der Waals surface area contributed by atoms with Crippen LogP contribution in [-0.4, -0.2) is 11.0 Å². The van der Waals surface area contributed by atoms with Gasteiger partial charge in [0.15, 0.2) is 0 Å². The monoisotopic (exact) mass is 216 g/mol. The van der Waals surface area contributed by atoms with Gasteiger partial charge < -0.3 is 11.5 Å². The topological polar surface area (TPSA) is 67.6 Å². The van der Waals surface area contributed by atoms with E-state index in [9.17, 15) is 0 Å². The number of benzene rings is 1. The molecule has 4 N–H and O–H groups in total. The van der Waals surface area contributed by atoms with Gasteiger partial charge in [0.1, 0.15) is 0 Å². The molecule has 1 atom stereocenters. The third-order valence-electron chi connectivity index (χ3n) is 3.48. The van der Waals surface area contributed by atoms with E-state index in [1.54, 1.807) is 0 Å². The van der Waals surface area contributed by atoms with Crippen LogP contribution in [0.1, 0.15) is 35.6 Å². The number of guanidine groups is 1. The molecule has 4 nitrogen and oxygen atoms in total. The minimum atomic E-state index is 0.153. The first-order chi connectivity index (χ1) is 7.75. The largest absolute Gasteiger partial charge is 0.369 e. The standard InChI is InChI=1S/C12H16N4/c13-12(14)15-16-7-9-5-1-3-8-4-2-6-10(16)11(8)9/h1,3,5,10H,2,4,6-7H2,(H4,13,14,15). The molecule has 0 spiro atoms. The second-order valence-corrected chi connectivity index (χ2v) is 4.52. The molecule has 4 heteroatoms. The highest BCUT2D eigenvalue weighted by Gasteiger charge is 2.33. The van der Waals surface area contributed by atoms with E-state index in [0.717, 1.165) is 13.0 Å². The van der Waals surface area contributed by atoms with Crippen molar-refractivity contribution in [2.45, 2.75) is 31.8 Å². The molecule has 1 aliphatic carbocycles. The fourth-order valence-corrected chi connectivity index (χ4v) is 2.92. The van der Waals surface area contributed by atoms with E-state index >= 15 is 0 Å². The lowest BCUT2D eigenvalue weighted by Crippen LogP contribution is -2.29. The zero-order chi connectivity index (χ0) is 11.1. The van der Waals surface area contributed by atoms with Crippen LogP contribution in [0.15, 0.2) is 23.3 Å². The molecule has 1 aliphatic heterocycles. The lowest BCUT2D eigenvalue weighted by atomic mass is 9.87. The quantitative estimate of drug-likeness (QED) is 0.545. The number of hydrogen-bond acceptors (Lipinski definition) is 2. The Kier molecular flexibility index (Phi) is 2.02. The van der Waals surface area contributed by atoms with Crippen LogP contribution >= 0.6 is 0 Å². The zero-order valence-corrected chi connectivity index (χ0v) is 9.19. The molecule has 3 rings (SSSR count). The number of hydrogen-bond donors (Lipinski definition) is 2. The maximum Gasteiger partial charge on any atom is 0.208 e. The molecule has 2 aliphatic rings. The normalized spacial score (nSPS) is 21.8. The molecule has 1 aromatic rings. The van der Waals surface area contributed by atoms with Crippen molar-refractivity contribution in [2.75, 3.05) is 0 Å². The Hall–Kier alpha value is -1.71. The van der Waals surface area contributed by atoms with E-state index in [1.807, 2.05) is 5.01 Å². The van der Waals surface area contributed by atoms with E-state index in [0.29, 0.717) is 6.04 Å². The summed E-state index contributed by atoms with van der Waals surface area (Å²) in [6, 6.07) is 6.93. The van der Waals surface area contributed by atoms with Crippen molar-refractivity contribution in [3.63, 3.8) is 0 Å². The average molecular weight is 216 g/mol.